The zero-order valence-electron chi connectivity index (χ0n) is 29.1. The van der Waals surface area contributed by atoms with Gasteiger partial charge in [-0.3, -0.25) is 0 Å². The molecule has 0 aliphatic heterocycles. The molecule has 0 heterocycles. The van der Waals surface area contributed by atoms with Crippen LogP contribution < -0.4 is 31.8 Å². The summed E-state index contributed by atoms with van der Waals surface area (Å²) >= 11 is -0.0185. The molecule has 0 fully saturated rings. The molecule has 6 rings (SSSR count). The van der Waals surface area contributed by atoms with Gasteiger partial charge in [0.1, 0.15) is 31.8 Å². The van der Waals surface area contributed by atoms with E-state index in [-0.39, 0.29) is 0 Å². The molecule has 268 valence electrons. The monoisotopic (exact) mass is 1140 g/mol. The van der Waals surface area contributed by atoms with Crippen molar-refractivity contribution >= 4 is 66.5 Å². The van der Waals surface area contributed by atoms with Crippen molar-refractivity contribution in [2.75, 3.05) is 0 Å². The van der Waals surface area contributed by atoms with Crippen molar-refractivity contribution in [2.24, 2.45) is 0 Å². The second-order valence-corrected chi connectivity index (χ2v) is 28.0. The molecule has 0 aliphatic carbocycles. The maximum atomic E-state index is 5.06. The molecule has 0 unspecified atom stereocenters. The van der Waals surface area contributed by atoms with Crippen LogP contribution in [0.5, 0.6) is 0 Å². The van der Waals surface area contributed by atoms with Crippen molar-refractivity contribution in [1.29, 1.82) is 0 Å². The Morgan fingerprint density at radius 1 is 0.340 bits per heavy atom. The van der Waals surface area contributed by atoms with Crippen molar-refractivity contribution in [1.82, 2.24) is 0 Å². The molecule has 0 atom stereocenters. The van der Waals surface area contributed by atoms with Crippen LogP contribution in [0, 0.1) is 60.4 Å². The van der Waals surface area contributed by atoms with Gasteiger partial charge in [-0.1, -0.05) is 106 Å². The normalized spacial score (nSPS) is 10.6. The number of hydrogen-bond donors (Lipinski definition) is 0. The van der Waals surface area contributed by atoms with Crippen molar-refractivity contribution in [2.45, 2.75) is 41.5 Å². The average Bonchev–Trinajstić information content (AvgIpc) is 3.11. The molecule has 0 radical (unpaired) electrons. The Labute approximate surface area is 335 Å². The number of benzene rings is 6. The van der Waals surface area contributed by atoms with Crippen LogP contribution in [0.2, 0.25) is 0 Å². The maximum absolute atomic E-state index is 5.06. The van der Waals surface area contributed by atoms with E-state index in [0.717, 1.165) is 0 Å². The average molecular weight is 1140 g/mol. The number of rotatable bonds is 6. The van der Waals surface area contributed by atoms with Crippen LogP contribution in [0.4, 0.5) is 0 Å². The van der Waals surface area contributed by atoms with Gasteiger partial charge in [-0.25, -0.2) is 0 Å². The van der Waals surface area contributed by atoms with Gasteiger partial charge in [-0.2, -0.15) is 0 Å². The van der Waals surface area contributed by atoms with E-state index in [0.29, 0.717) is 0 Å². The summed E-state index contributed by atoms with van der Waals surface area (Å²) in [5, 5.41) is 8.69. The van der Waals surface area contributed by atoms with Gasteiger partial charge in [-0.05, 0) is 114 Å². The van der Waals surface area contributed by atoms with E-state index in [1.807, 2.05) is 0 Å². The van der Waals surface area contributed by atoms with Gasteiger partial charge in [0.25, 0.3) is 0 Å². The zero-order chi connectivity index (χ0) is 36.6. The third-order valence-corrected chi connectivity index (χ3v) is 13.5. The molecule has 6 aromatic rings. The van der Waals surface area contributed by atoms with E-state index >= 15 is 0 Å². The number of hydrogen-bond acceptors (Lipinski definition) is 0. The quantitative estimate of drug-likeness (QED) is 0.146. The van der Waals surface area contributed by atoms with E-state index < -0.39 is 30.0 Å². The van der Waals surface area contributed by atoms with E-state index in [4.69, 9.17) is 9.42 Å². The Bertz CT molecular complexity index is 1470. The summed E-state index contributed by atoms with van der Waals surface area (Å²) in [6.45, 7) is 12.9. The molecular formula is C42H46Cl4P2Pt2+4. The van der Waals surface area contributed by atoms with Crippen LogP contribution in [-0.2, 0) is 33.0 Å². The molecule has 0 spiro atoms. The summed E-state index contributed by atoms with van der Waals surface area (Å²) in [7, 11) is 16.5. The second kappa shape index (κ2) is 22.7. The van der Waals surface area contributed by atoms with Crippen LogP contribution in [0.25, 0.3) is 0 Å². The topological polar surface area (TPSA) is 0 Å². The first kappa shape index (κ1) is 43.1. The third-order valence-electron chi connectivity index (χ3n) is 8.04. The van der Waals surface area contributed by atoms with Gasteiger partial charge < -0.3 is 0 Å². The molecule has 0 amide bonds. The Morgan fingerprint density at radius 3 is 0.540 bits per heavy atom. The van der Waals surface area contributed by atoms with E-state index in [1.54, 1.807) is 18.8 Å². The van der Waals surface area contributed by atoms with Crippen molar-refractivity contribution < 1.29 is 51.8 Å². The fourth-order valence-corrected chi connectivity index (χ4v) is 10.3. The molecule has 0 N–H and O–H groups in total. The number of aryl methyl sites for hydroxylation is 6. The molecule has 0 saturated carbocycles. The van der Waals surface area contributed by atoms with Crippen LogP contribution in [0.3, 0.4) is 0 Å². The van der Waals surface area contributed by atoms with Crippen LogP contribution in [0.1, 0.15) is 33.4 Å². The van der Waals surface area contributed by atoms with Crippen LogP contribution in [0.15, 0.2) is 146 Å². The Balaban J connectivity index is 0.000000234. The van der Waals surface area contributed by atoms with E-state index in [9.17, 15) is 0 Å². The second-order valence-electron chi connectivity index (χ2n) is 12.1. The first-order valence-corrected chi connectivity index (χ1v) is 30.6. The predicted octanol–water partition coefficient (Wildman–Crippen LogP) is 9.04. The number of halogens is 4. The van der Waals surface area contributed by atoms with Crippen LogP contribution in [-0.4, -0.2) is 0 Å². The molecule has 0 saturated heterocycles. The summed E-state index contributed by atoms with van der Waals surface area (Å²) in [5.41, 5.74) is 7.91. The Kier molecular flexibility index (Phi) is 19.6. The summed E-state index contributed by atoms with van der Waals surface area (Å²) < 4.78 is 0. The third kappa shape index (κ3) is 14.3. The molecule has 50 heavy (non-hydrogen) atoms. The molecule has 8 heteroatoms. The van der Waals surface area contributed by atoms with Gasteiger partial charge in [0.05, 0.1) is 15.8 Å². The van der Waals surface area contributed by atoms with Crippen LogP contribution >= 0.6 is 34.7 Å². The van der Waals surface area contributed by atoms with Crippen molar-refractivity contribution in [3.8, 4) is 0 Å². The van der Waals surface area contributed by atoms with Gasteiger partial charge in [0.2, 0.25) is 0 Å². The van der Waals surface area contributed by atoms with Gasteiger partial charge in [-0.15, -0.1) is 0 Å². The van der Waals surface area contributed by atoms with Gasteiger partial charge >= 0.3 is 70.6 Å². The fourth-order valence-electron chi connectivity index (χ4n) is 5.32. The zero-order valence-corrected chi connectivity index (χ0v) is 38.8. The predicted molar refractivity (Wildman–Crippen MR) is 216 cm³/mol. The van der Waals surface area contributed by atoms with E-state index in [1.165, 1.54) is 65.2 Å². The molecule has 0 aliphatic rings. The van der Waals surface area contributed by atoms with E-state index in [2.05, 4.69) is 215 Å². The van der Waals surface area contributed by atoms with Crippen molar-refractivity contribution in [3.05, 3.63) is 179 Å². The molecule has 6 aromatic carbocycles. The first-order valence-electron chi connectivity index (χ1n) is 15.9. The SMILES string of the molecule is Cc1ccc([PH+](c2ccc(C)cc2)c2ccc(C)cc2)cc1.Cc1ccc([PH+](c2ccc(C)cc2)c2ccc(C)cc2)cc1.[Cl][Pt].[Cl][Pt]([ClH+])[ClH+]. The fraction of sp³-hybridized carbons (Fsp3) is 0.143. The van der Waals surface area contributed by atoms with Gasteiger partial charge in [0.15, 0.2) is 0 Å². The molecule has 0 bridgehead atoms. The molecule has 0 aromatic heterocycles. The first-order chi connectivity index (χ1) is 24.0. The van der Waals surface area contributed by atoms with Gasteiger partial charge in [0, 0.05) is 0 Å². The summed E-state index contributed by atoms with van der Waals surface area (Å²) in [6.07, 6.45) is 0. The Hall–Kier alpha value is -1.28. The minimum atomic E-state index is -1.63. The summed E-state index contributed by atoms with van der Waals surface area (Å²) in [6, 6.07) is 54.2. The Morgan fingerprint density at radius 2 is 0.440 bits per heavy atom. The standard InChI is InChI=1S/2C21H21P.4ClH.2Pt/c2*1-16-4-10-19(11-5-16)22(20-12-6-17(2)7-13-20)21-14-8-18(3)9-15-21;;;;;;/h2*4-15H,1-3H3;4*1H;;/q;;;;;;+1;+3. The molecule has 0 nitrogen and oxygen atoms in total. The molecular weight excluding hydrogens is 1100 g/mol. The van der Waals surface area contributed by atoms with Crippen molar-refractivity contribution in [3.63, 3.8) is 0 Å². The summed E-state index contributed by atoms with van der Waals surface area (Å²) in [4.78, 5) is 0. The summed E-state index contributed by atoms with van der Waals surface area (Å²) in [5.74, 6) is 0. The minimum absolute atomic E-state index is 0.927.